The number of hydrogen-bond donors (Lipinski definition) is 1. The number of imidazole rings is 1. The van der Waals surface area contributed by atoms with Gasteiger partial charge in [0.1, 0.15) is 12.9 Å². The molecule has 0 aliphatic rings. The second kappa shape index (κ2) is 3.95. The van der Waals surface area contributed by atoms with Gasteiger partial charge in [0.15, 0.2) is 12.4 Å². The quantitative estimate of drug-likeness (QED) is 0.649. The number of nitrogens with zero attached hydrogens (tertiary/aromatic N) is 2. The van der Waals surface area contributed by atoms with Crippen molar-refractivity contribution in [1.82, 2.24) is 9.97 Å². The van der Waals surface area contributed by atoms with Crippen molar-refractivity contribution in [2.24, 2.45) is 7.05 Å². The fraction of sp³-hybridized carbons (Fsp3) is 0.200. The van der Waals surface area contributed by atoms with E-state index < -0.39 is 0 Å². The van der Waals surface area contributed by atoms with E-state index in [4.69, 9.17) is 0 Å². The minimum absolute atomic E-state index is 0.926. The van der Waals surface area contributed by atoms with Crippen LogP contribution in [-0.4, -0.2) is 9.97 Å². The van der Waals surface area contributed by atoms with Crippen LogP contribution in [0.15, 0.2) is 36.7 Å². The summed E-state index contributed by atoms with van der Waals surface area (Å²) in [5.41, 5.74) is 5.81. The maximum Gasteiger partial charge on any atom is 0.169 e. The first-order valence-corrected chi connectivity index (χ1v) is 6.06. The molecule has 0 bridgehead atoms. The summed E-state index contributed by atoms with van der Waals surface area (Å²) < 4.78 is 2.01. The highest BCUT2D eigenvalue weighted by Crippen LogP contribution is 2.22. The van der Waals surface area contributed by atoms with Crippen molar-refractivity contribution in [3.63, 3.8) is 0 Å². The van der Waals surface area contributed by atoms with Crippen molar-refractivity contribution < 1.29 is 4.57 Å². The van der Waals surface area contributed by atoms with Gasteiger partial charge < -0.3 is 4.98 Å². The first-order chi connectivity index (χ1) is 8.63. The van der Waals surface area contributed by atoms with Gasteiger partial charge in [-0.2, -0.15) is 0 Å². The summed E-state index contributed by atoms with van der Waals surface area (Å²) >= 11 is 0. The molecule has 0 radical (unpaired) electrons. The molecule has 2 heterocycles. The lowest BCUT2D eigenvalue weighted by Crippen LogP contribution is -2.25. The summed E-state index contributed by atoms with van der Waals surface area (Å²) in [6.45, 7) is 4.24. The highest BCUT2D eigenvalue weighted by Gasteiger charge is 2.07. The van der Waals surface area contributed by atoms with Crippen LogP contribution in [0.2, 0.25) is 0 Å². The maximum absolute atomic E-state index is 4.65. The summed E-state index contributed by atoms with van der Waals surface area (Å²) in [4.78, 5) is 8.03. The van der Waals surface area contributed by atoms with Crippen LogP contribution >= 0.6 is 0 Å². The Morgan fingerprint density at radius 1 is 1.06 bits per heavy atom. The zero-order valence-corrected chi connectivity index (χ0v) is 10.9. The first kappa shape index (κ1) is 11.0. The van der Waals surface area contributed by atoms with Gasteiger partial charge in [0, 0.05) is 17.7 Å². The number of hydrogen-bond acceptors (Lipinski definition) is 1. The van der Waals surface area contributed by atoms with Crippen LogP contribution in [0.3, 0.4) is 0 Å². The Labute approximate surface area is 106 Å². The van der Waals surface area contributed by atoms with Crippen LogP contribution in [0.1, 0.15) is 11.1 Å². The fourth-order valence-corrected chi connectivity index (χ4v) is 2.07. The lowest BCUT2D eigenvalue weighted by Gasteiger charge is -1.97. The molecule has 3 nitrogen and oxygen atoms in total. The topological polar surface area (TPSA) is 32.6 Å². The van der Waals surface area contributed by atoms with Crippen molar-refractivity contribution in [2.75, 3.05) is 0 Å². The molecule has 3 heteroatoms. The van der Waals surface area contributed by atoms with Crippen LogP contribution in [0, 0.1) is 13.8 Å². The van der Waals surface area contributed by atoms with E-state index in [9.17, 15) is 0 Å². The van der Waals surface area contributed by atoms with Gasteiger partial charge in [-0.15, -0.1) is 0 Å². The van der Waals surface area contributed by atoms with Gasteiger partial charge in [-0.25, -0.2) is 9.55 Å². The molecular weight excluding hydrogens is 222 g/mol. The normalized spacial score (nSPS) is 11.1. The van der Waals surface area contributed by atoms with Crippen molar-refractivity contribution in [3.05, 3.63) is 47.8 Å². The maximum atomic E-state index is 4.65. The standard InChI is InChI=1S/C15H15N3/c1-10-8-13-14(9-11(10)2)17-15(16-13)12-4-6-18(3)7-5-12/h4-9H,1-3H3/p+1. The first-order valence-electron chi connectivity index (χ1n) is 6.06. The molecule has 0 amide bonds. The van der Waals surface area contributed by atoms with E-state index in [-0.39, 0.29) is 0 Å². The fourth-order valence-electron chi connectivity index (χ4n) is 2.07. The average Bonchev–Trinajstić information content (AvgIpc) is 2.73. The minimum atomic E-state index is 0.926. The SMILES string of the molecule is Cc1cc2nc(-c3cc[n+](C)cc3)[nH]c2cc1C. The highest BCUT2D eigenvalue weighted by atomic mass is 14.9. The minimum Gasteiger partial charge on any atom is -0.338 e. The van der Waals surface area contributed by atoms with Gasteiger partial charge in [-0.05, 0) is 37.1 Å². The molecule has 90 valence electrons. The zero-order valence-electron chi connectivity index (χ0n) is 10.9. The van der Waals surface area contributed by atoms with Crippen LogP contribution in [-0.2, 0) is 7.05 Å². The molecular formula is C15H16N3+. The summed E-state index contributed by atoms with van der Waals surface area (Å²) in [5, 5.41) is 0. The zero-order chi connectivity index (χ0) is 12.7. The lowest BCUT2D eigenvalue weighted by molar-refractivity contribution is -0.671. The van der Waals surface area contributed by atoms with Crippen molar-refractivity contribution in [3.8, 4) is 11.4 Å². The Kier molecular flexibility index (Phi) is 2.40. The lowest BCUT2D eigenvalue weighted by atomic mass is 10.1. The average molecular weight is 238 g/mol. The predicted octanol–water partition coefficient (Wildman–Crippen LogP) is 2.67. The summed E-state index contributed by atoms with van der Waals surface area (Å²) in [6.07, 6.45) is 4.05. The predicted molar refractivity (Wildman–Crippen MR) is 72.2 cm³/mol. The molecule has 0 atom stereocenters. The van der Waals surface area contributed by atoms with E-state index in [1.165, 1.54) is 11.1 Å². The molecule has 18 heavy (non-hydrogen) atoms. The summed E-state index contributed by atoms with van der Waals surface area (Å²) in [6, 6.07) is 8.42. The molecule has 0 aliphatic heterocycles. The molecule has 3 rings (SSSR count). The van der Waals surface area contributed by atoms with Crippen LogP contribution in [0.4, 0.5) is 0 Å². The molecule has 0 unspecified atom stereocenters. The number of aryl methyl sites for hydroxylation is 3. The smallest absolute Gasteiger partial charge is 0.169 e. The molecule has 1 N–H and O–H groups in total. The molecule has 0 fully saturated rings. The third-order valence-electron chi connectivity index (χ3n) is 3.35. The third kappa shape index (κ3) is 1.78. The molecule has 0 saturated heterocycles. The summed E-state index contributed by atoms with van der Waals surface area (Å²) in [5.74, 6) is 0.926. The number of pyridine rings is 1. The Balaban J connectivity index is 2.16. The third-order valence-corrected chi connectivity index (χ3v) is 3.35. The Bertz CT molecular complexity index is 669. The number of aromatic amines is 1. The van der Waals surface area contributed by atoms with Gasteiger partial charge in [0.05, 0.1) is 11.0 Å². The molecule has 0 aliphatic carbocycles. The number of aromatic nitrogens is 3. The van der Waals surface area contributed by atoms with Gasteiger partial charge >= 0.3 is 0 Å². The second-order valence-electron chi connectivity index (χ2n) is 4.79. The number of H-pyrrole nitrogens is 1. The Morgan fingerprint density at radius 3 is 2.44 bits per heavy atom. The molecule has 2 aromatic heterocycles. The van der Waals surface area contributed by atoms with E-state index in [0.29, 0.717) is 0 Å². The number of rotatable bonds is 1. The second-order valence-corrected chi connectivity index (χ2v) is 4.79. The molecule has 3 aromatic rings. The van der Waals surface area contributed by atoms with Crippen molar-refractivity contribution in [1.29, 1.82) is 0 Å². The van der Waals surface area contributed by atoms with E-state index in [0.717, 1.165) is 22.4 Å². The van der Waals surface area contributed by atoms with Crippen LogP contribution in [0.25, 0.3) is 22.4 Å². The number of fused-ring (bicyclic) bond motifs is 1. The van der Waals surface area contributed by atoms with E-state index >= 15 is 0 Å². The van der Waals surface area contributed by atoms with Gasteiger partial charge in [0.25, 0.3) is 0 Å². The van der Waals surface area contributed by atoms with E-state index in [2.05, 4.69) is 48.1 Å². The Hall–Kier alpha value is -2.16. The number of benzene rings is 1. The van der Waals surface area contributed by atoms with E-state index in [1.807, 2.05) is 24.0 Å². The molecule has 0 saturated carbocycles. The van der Waals surface area contributed by atoms with Gasteiger partial charge in [0.2, 0.25) is 0 Å². The number of nitrogens with one attached hydrogen (secondary N) is 1. The van der Waals surface area contributed by atoms with Crippen LogP contribution in [0.5, 0.6) is 0 Å². The van der Waals surface area contributed by atoms with Crippen molar-refractivity contribution in [2.45, 2.75) is 13.8 Å². The van der Waals surface area contributed by atoms with Gasteiger partial charge in [-0.1, -0.05) is 0 Å². The summed E-state index contributed by atoms with van der Waals surface area (Å²) in [7, 11) is 2.01. The van der Waals surface area contributed by atoms with Gasteiger partial charge in [-0.3, -0.25) is 0 Å². The van der Waals surface area contributed by atoms with Crippen molar-refractivity contribution >= 4 is 11.0 Å². The monoisotopic (exact) mass is 238 g/mol. The molecule has 1 aromatic carbocycles. The van der Waals surface area contributed by atoms with E-state index in [1.54, 1.807) is 0 Å². The Morgan fingerprint density at radius 2 is 1.72 bits per heavy atom. The molecule has 0 spiro atoms. The largest absolute Gasteiger partial charge is 0.338 e. The highest BCUT2D eigenvalue weighted by molar-refractivity contribution is 5.80. The van der Waals surface area contributed by atoms with Crippen LogP contribution < -0.4 is 4.57 Å².